The van der Waals surface area contributed by atoms with E-state index in [1.54, 1.807) is 0 Å². The van der Waals surface area contributed by atoms with E-state index in [1.807, 2.05) is 0 Å². The van der Waals surface area contributed by atoms with E-state index in [0.717, 1.165) is 0 Å². The van der Waals surface area contributed by atoms with E-state index < -0.39 is 16.1 Å². The summed E-state index contributed by atoms with van der Waals surface area (Å²) in [6.07, 6.45) is -0.875. The van der Waals surface area contributed by atoms with Gasteiger partial charge in [-0.3, -0.25) is 0 Å². The molecule has 20 heavy (non-hydrogen) atoms. The summed E-state index contributed by atoms with van der Waals surface area (Å²) in [7, 11) is -3.80. The van der Waals surface area contributed by atoms with Gasteiger partial charge in [0.05, 0.1) is 20.4 Å². The van der Waals surface area contributed by atoms with Crippen molar-refractivity contribution in [1.82, 2.24) is 5.32 Å². The van der Waals surface area contributed by atoms with Crippen molar-refractivity contribution in [2.24, 2.45) is 5.14 Å². The number of sulfonamides is 1. The molecule has 7 nitrogen and oxygen atoms in total. The molecule has 110 valence electrons. The summed E-state index contributed by atoms with van der Waals surface area (Å²) in [6.45, 7) is 0.508. The summed E-state index contributed by atoms with van der Waals surface area (Å²) < 4.78 is 33.9. The molecule has 1 fully saturated rings. The number of benzene rings is 1. The highest BCUT2D eigenvalue weighted by Crippen LogP contribution is 2.36. The van der Waals surface area contributed by atoms with Crippen LogP contribution >= 0.6 is 31.9 Å². The summed E-state index contributed by atoms with van der Waals surface area (Å²) in [6, 6.07) is 2.68. The molecule has 1 saturated heterocycles. The van der Waals surface area contributed by atoms with Gasteiger partial charge in [0.1, 0.15) is 12.4 Å². The molecule has 0 aromatic heterocycles. The molecule has 10 heteroatoms. The van der Waals surface area contributed by atoms with Crippen LogP contribution in [0, 0.1) is 0 Å². The summed E-state index contributed by atoms with van der Waals surface area (Å²) >= 11 is 6.43. The third-order valence-electron chi connectivity index (χ3n) is 2.46. The lowest BCUT2D eigenvalue weighted by Crippen LogP contribution is -2.22. The Kier molecular flexibility index (Phi) is 4.57. The topological polar surface area (TPSA) is 108 Å². The third kappa shape index (κ3) is 3.62. The number of carbonyl (C=O) groups is 1. The highest BCUT2D eigenvalue weighted by atomic mass is 79.9. The Morgan fingerprint density at radius 2 is 2.00 bits per heavy atom. The zero-order chi connectivity index (χ0) is 14.9. The minimum Gasteiger partial charge on any atom is -0.487 e. The Bertz CT molecular complexity index is 626. The zero-order valence-electron chi connectivity index (χ0n) is 9.93. The Morgan fingerprint density at radius 3 is 2.45 bits per heavy atom. The Labute approximate surface area is 132 Å². The van der Waals surface area contributed by atoms with E-state index in [4.69, 9.17) is 14.6 Å². The predicted molar refractivity (Wildman–Crippen MR) is 77.0 cm³/mol. The molecule has 1 aromatic carbocycles. The number of alkyl carbamates (subject to hydrolysis) is 1. The number of hydrogen-bond donors (Lipinski definition) is 2. The number of amides is 1. The van der Waals surface area contributed by atoms with E-state index in [9.17, 15) is 13.2 Å². The minimum atomic E-state index is -3.80. The van der Waals surface area contributed by atoms with Crippen LogP contribution < -0.4 is 15.2 Å². The highest BCUT2D eigenvalue weighted by Gasteiger charge is 2.24. The number of nitrogens with one attached hydrogen (secondary N) is 1. The van der Waals surface area contributed by atoms with Gasteiger partial charge in [-0.25, -0.2) is 18.4 Å². The van der Waals surface area contributed by atoms with Crippen molar-refractivity contribution in [3.05, 3.63) is 21.1 Å². The number of halogens is 2. The van der Waals surface area contributed by atoms with Gasteiger partial charge in [-0.15, -0.1) is 0 Å². The lowest BCUT2D eigenvalue weighted by atomic mass is 10.3. The second-order valence-corrected chi connectivity index (χ2v) is 7.25. The summed E-state index contributed by atoms with van der Waals surface area (Å²) in [5.74, 6) is 0.403. The number of rotatable bonds is 4. The molecular weight excluding hydrogens is 420 g/mol. The molecule has 0 radical (unpaired) electrons. The van der Waals surface area contributed by atoms with E-state index >= 15 is 0 Å². The van der Waals surface area contributed by atoms with Gasteiger partial charge in [0.2, 0.25) is 10.0 Å². The first-order valence-electron chi connectivity index (χ1n) is 5.36. The van der Waals surface area contributed by atoms with Crippen LogP contribution in [0.25, 0.3) is 0 Å². The maximum Gasteiger partial charge on any atom is 0.407 e. The van der Waals surface area contributed by atoms with Crippen LogP contribution in [0.15, 0.2) is 26.0 Å². The molecule has 1 aromatic rings. The number of primary sulfonamides is 1. The molecule has 1 aliphatic rings. The summed E-state index contributed by atoms with van der Waals surface area (Å²) in [5.41, 5.74) is 0. The lowest BCUT2D eigenvalue weighted by Gasteiger charge is -2.14. The molecule has 2 rings (SSSR count). The van der Waals surface area contributed by atoms with Crippen molar-refractivity contribution < 1.29 is 22.7 Å². The molecule has 0 bridgehead atoms. The number of ether oxygens (including phenoxy) is 2. The fraction of sp³-hybridized carbons (Fsp3) is 0.300. The monoisotopic (exact) mass is 428 g/mol. The molecule has 1 aliphatic heterocycles. The van der Waals surface area contributed by atoms with Gasteiger partial charge in [0, 0.05) is 0 Å². The van der Waals surface area contributed by atoms with Crippen LogP contribution in [0.3, 0.4) is 0 Å². The quantitative estimate of drug-likeness (QED) is 0.750. The van der Waals surface area contributed by atoms with Crippen molar-refractivity contribution >= 4 is 48.0 Å². The first kappa shape index (κ1) is 15.5. The van der Waals surface area contributed by atoms with Crippen molar-refractivity contribution in [1.29, 1.82) is 0 Å². The zero-order valence-corrected chi connectivity index (χ0v) is 13.9. The second kappa shape index (κ2) is 5.88. The molecule has 3 N–H and O–H groups in total. The molecule has 1 atom stereocenters. The van der Waals surface area contributed by atoms with E-state index in [1.165, 1.54) is 12.1 Å². The Hall–Kier alpha value is -0.840. The second-order valence-electron chi connectivity index (χ2n) is 3.98. The van der Waals surface area contributed by atoms with Crippen LogP contribution in [0.5, 0.6) is 5.75 Å². The van der Waals surface area contributed by atoms with Gasteiger partial charge in [-0.1, -0.05) is 0 Å². The van der Waals surface area contributed by atoms with Crippen molar-refractivity contribution in [3.8, 4) is 5.75 Å². The van der Waals surface area contributed by atoms with Crippen LogP contribution in [-0.2, 0) is 14.8 Å². The lowest BCUT2D eigenvalue weighted by molar-refractivity contribution is 0.104. The molecular formula is C10H10Br2N2O5S. The molecule has 1 heterocycles. The first-order valence-corrected chi connectivity index (χ1v) is 8.49. The Morgan fingerprint density at radius 1 is 1.40 bits per heavy atom. The molecule has 1 amide bonds. The molecule has 0 aliphatic carbocycles. The third-order valence-corrected chi connectivity index (χ3v) is 4.53. The number of nitrogens with two attached hydrogens (primary N) is 1. The largest absolute Gasteiger partial charge is 0.487 e. The average molecular weight is 430 g/mol. The predicted octanol–water partition coefficient (Wildman–Crippen LogP) is 1.35. The summed E-state index contributed by atoms with van der Waals surface area (Å²) in [4.78, 5) is 10.8. The average Bonchev–Trinajstić information content (AvgIpc) is 2.72. The van der Waals surface area contributed by atoms with Crippen molar-refractivity contribution in [2.75, 3.05) is 13.2 Å². The normalized spacial score (nSPS) is 18.6. The fourth-order valence-electron chi connectivity index (χ4n) is 1.54. The molecule has 1 unspecified atom stereocenters. The van der Waals surface area contributed by atoms with Gasteiger partial charge in [0.25, 0.3) is 0 Å². The number of cyclic esters (lactones) is 1. The van der Waals surface area contributed by atoms with E-state index in [-0.39, 0.29) is 17.6 Å². The number of hydrogen-bond acceptors (Lipinski definition) is 5. The summed E-state index contributed by atoms with van der Waals surface area (Å²) in [5, 5.41) is 7.56. The smallest absolute Gasteiger partial charge is 0.407 e. The van der Waals surface area contributed by atoms with E-state index in [2.05, 4.69) is 37.2 Å². The highest BCUT2D eigenvalue weighted by molar-refractivity contribution is 9.11. The number of carbonyl (C=O) groups excluding carboxylic acids is 1. The van der Waals surface area contributed by atoms with Crippen LogP contribution in [0.1, 0.15) is 0 Å². The Balaban J connectivity index is 2.14. The van der Waals surface area contributed by atoms with Crippen molar-refractivity contribution in [2.45, 2.75) is 11.0 Å². The minimum absolute atomic E-state index is 0.0439. The van der Waals surface area contributed by atoms with Gasteiger partial charge < -0.3 is 14.8 Å². The first-order chi connectivity index (χ1) is 9.27. The van der Waals surface area contributed by atoms with E-state index in [0.29, 0.717) is 21.2 Å². The van der Waals surface area contributed by atoms with Crippen LogP contribution in [0.4, 0.5) is 4.79 Å². The van der Waals surface area contributed by atoms with Crippen LogP contribution in [-0.4, -0.2) is 33.8 Å². The van der Waals surface area contributed by atoms with Gasteiger partial charge >= 0.3 is 6.09 Å². The molecule has 0 spiro atoms. The molecule has 0 saturated carbocycles. The fourth-order valence-corrected chi connectivity index (χ4v) is 3.82. The van der Waals surface area contributed by atoms with Crippen LogP contribution in [0.2, 0.25) is 0 Å². The van der Waals surface area contributed by atoms with Crippen molar-refractivity contribution in [3.63, 3.8) is 0 Å². The standard InChI is InChI=1S/C10H10Br2N2O5S/c11-7-1-6(20(13,16)17)2-8(12)9(7)18-4-5-3-14-10(15)19-5/h1-2,5H,3-4H2,(H,14,15)(H2,13,16,17). The maximum atomic E-state index is 11.3. The van der Waals surface area contributed by atoms with Gasteiger partial charge in [-0.05, 0) is 44.0 Å². The van der Waals surface area contributed by atoms with Gasteiger partial charge in [0.15, 0.2) is 6.10 Å². The SMILES string of the molecule is NS(=O)(=O)c1cc(Br)c(OCC2CNC(=O)O2)c(Br)c1. The maximum absolute atomic E-state index is 11.3. The van der Waals surface area contributed by atoms with Gasteiger partial charge in [-0.2, -0.15) is 0 Å².